The summed E-state index contributed by atoms with van der Waals surface area (Å²) >= 11 is 0. The van der Waals surface area contributed by atoms with Crippen molar-refractivity contribution in [2.75, 3.05) is 0 Å². The summed E-state index contributed by atoms with van der Waals surface area (Å²) in [6, 6.07) is 8.34. The smallest absolute Gasteiger partial charge is 0.243 e. The van der Waals surface area contributed by atoms with Crippen LogP contribution in [0.25, 0.3) is 0 Å². The van der Waals surface area contributed by atoms with Crippen LogP contribution in [0, 0.1) is 6.92 Å². The van der Waals surface area contributed by atoms with Gasteiger partial charge in [-0.1, -0.05) is 30.8 Å². The van der Waals surface area contributed by atoms with Crippen molar-refractivity contribution in [1.82, 2.24) is 5.32 Å². The number of hydrogen-bond donors (Lipinski definition) is 1. The van der Waals surface area contributed by atoms with E-state index in [2.05, 4.69) is 31.0 Å². The van der Waals surface area contributed by atoms with Crippen molar-refractivity contribution in [3.05, 3.63) is 48.0 Å². The Morgan fingerprint density at radius 3 is 2.80 bits per heavy atom. The molecular weight excluding hydrogens is 186 g/mol. The highest BCUT2D eigenvalue weighted by molar-refractivity contribution is 5.87. The number of rotatable bonds is 4. The average Bonchev–Trinajstić information content (AvgIpc) is 2.21. The molecule has 1 unspecified atom stereocenters. The number of benzene rings is 1. The number of amides is 1. The van der Waals surface area contributed by atoms with Crippen molar-refractivity contribution in [1.29, 1.82) is 0 Å². The Bertz CT molecular complexity index is 357. The van der Waals surface area contributed by atoms with Crippen LogP contribution in [0.4, 0.5) is 0 Å². The molecule has 1 aromatic carbocycles. The number of nitrogens with one attached hydrogen (secondary N) is 1. The molecule has 2 nitrogen and oxygen atoms in total. The fraction of sp³-hybridized carbons (Fsp3) is 0.308. The molecule has 1 atom stereocenters. The maximum atomic E-state index is 11.1. The molecule has 0 spiro atoms. The first-order chi connectivity index (χ1) is 7.13. The minimum absolute atomic E-state index is 0.115. The van der Waals surface area contributed by atoms with Gasteiger partial charge in [-0.25, -0.2) is 0 Å². The minimum Gasteiger partial charge on any atom is -0.350 e. The van der Waals surface area contributed by atoms with Gasteiger partial charge in [0.15, 0.2) is 0 Å². The van der Waals surface area contributed by atoms with E-state index in [0.717, 1.165) is 6.42 Å². The van der Waals surface area contributed by atoms with Crippen LogP contribution in [-0.4, -0.2) is 11.9 Å². The maximum Gasteiger partial charge on any atom is 0.243 e. The van der Waals surface area contributed by atoms with Gasteiger partial charge < -0.3 is 5.32 Å². The molecule has 1 amide bonds. The van der Waals surface area contributed by atoms with Crippen molar-refractivity contribution in [3.63, 3.8) is 0 Å². The highest BCUT2D eigenvalue weighted by Gasteiger charge is 2.06. The molecule has 0 aromatic heterocycles. The summed E-state index contributed by atoms with van der Waals surface area (Å²) in [5.41, 5.74) is 2.53. The van der Waals surface area contributed by atoms with Crippen LogP contribution in [0.15, 0.2) is 36.9 Å². The van der Waals surface area contributed by atoms with Gasteiger partial charge in [0.05, 0.1) is 0 Å². The van der Waals surface area contributed by atoms with Gasteiger partial charge in [0.25, 0.3) is 0 Å². The normalized spacial score (nSPS) is 11.9. The molecule has 0 aliphatic heterocycles. The Morgan fingerprint density at radius 2 is 2.20 bits per heavy atom. The zero-order valence-electron chi connectivity index (χ0n) is 9.29. The van der Waals surface area contributed by atoms with Crippen LogP contribution in [0.5, 0.6) is 0 Å². The first-order valence-corrected chi connectivity index (χ1v) is 5.11. The first-order valence-electron chi connectivity index (χ1n) is 5.11. The van der Waals surface area contributed by atoms with Gasteiger partial charge in [-0.2, -0.15) is 0 Å². The van der Waals surface area contributed by atoms with E-state index in [0.29, 0.717) is 0 Å². The summed E-state index contributed by atoms with van der Waals surface area (Å²) in [5.74, 6) is -0.115. The van der Waals surface area contributed by atoms with Crippen LogP contribution in [0.1, 0.15) is 18.1 Å². The van der Waals surface area contributed by atoms with Gasteiger partial charge in [-0.3, -0.25) is 4.79 Å². The minimum atomic E-state index is -0.115. The number of carbonyl (C=O) groups is 1. The summed E-state index contributed by atoms with van der Waals surface area (Å²) in [6.45, 7) is 7.50. The Hall–Kier alpha value is -1.57. The Kier molecular flexibility index (Phi) is 4.10. The lowest BCUT2D eigenvalue weighted by atomic mass is 10.0. The molecule has 0 aliphatic rings. The van der Waals surface area contributed by atoms with Crippen LogP contribution >= 0.6 is 0 Å². The molecular formula is C13H17NO. The average molecular weight is 203 g/mol. The zero-order valence-corrected chi connectivity index (χ0v) is 9.29. The summed E-state index contributed by atoms with van der Waals surface area (Å²) in [7, 11) is 0. The van der Waals surface area contributed by atoms with E-state index in [4.69, 9.17) is 0 Å². The molecule has 1 rings (SSSR count). The van der Waals surface area contributed by atoms with Crippen LogP contribution in [0.3, 0.4) is 0 Å². The highest BCUT2D eigenvalue weighted by atomic mass is 16.1. The molecule has 0 bridgehead atoms. The molecule has 2 heteroatoms. The van der Waals surface area contributed by atoms with E-state index in [9.17, 15) is 4.79 Å². The summed E-state index contributed by atoms with van der Waals surface area (Å²) in [5, 5.41) is 2.85. The molecule has 0 saturated carbocycles. The van der Waals surface area contributed by atoms with E-state index in [1.165, 1.54) is 17.2 Å². The predicted molar refractivity (Wildman–Crippen MR) is 62.7 cm³/mol. The lowest BCUT2D eigenvalue weighted by molar-refractivity contribution is -0.117. The van der Waals surface area contributed by atoms with E-state index in [-0.39, 0.29) is 11.9 Å². The molecule has 0 radical (unpaired) electrons. The van der Waals surface area contributed by atoms with E-state index >= 15 is 0 Å². The fourth-order valence-electron chi connectivity index (χ4n) is 1.52. The Morgan fingerprint density at radius 1 is 1.53 bits per heavy atom. The van der Waals surface area contributed by atoms with Crippen molar-refractivity contribution in [3.8, 4) is 0 Å². The van der Waals surface area contributed by atoms with Crippen molar-refractivity contribution in [2.24, 2.45) is 0 Å². The van der Waals surface area contributed by atoms with Crippen LogP contribution < -0.4 is 5.32 Å². The highest BCUT2D eigenvalue weighted by Crippen LogP contribution is 2.09. The topological polar surface area (TPSA) is 29.1 Å². The largest absolute Gasteiger partial charge is 0.350 e. The van der Waals surface area contributed by atoms with E-state index < -0.39 is 0 Å². The van der Waals surface area contributed by atoms with Gasteiger partial charge in [0.1, 0.15) is 0 Å². The second-order valence-electron chi connectivity index (χ2n) is 3.74. The lowest BCUT2D eigenvalue weighted by Gasteiger charge is -2.13. The van der Waals surface area contributed by atoms with Crippen molar-refractivity contribution >= 4 is 5.91 Å². The van der Waals surface area contributed by atoms with Crippen LogP contribution in [-0.2, 0) is 11.2 Å². The Labute approximate surface area is 91.0 Å². The summed E-state index contributed by atoms with van der Waals surface area (Å²) in [4.78, 5) is 11.1. The van der Waals surface area contributed by atoms with Crippen LogP contribution in [0.2, 0.25) is 0 Å². The third-order valence-corrected chi connectivity index (χ3v) is 2.36. The molecule has 0 saturated heterocycles. The van der Waals surface area contributed by atoms with Gasteiger partial charge in [0, 0.05) is 6.04 Å². The third-order valence-electron chi connectivity index (χ3n) is 2.36. The maximum absolute atomic E-state index is 11.1. The quantitative estimate of drug-likeness (QED) is 0.747. The molecule has 0 heterocycles. The summed E-state index contributed by atoms with van der Waals surface area (Å²) < 4.78 is 0. The second-order valence-corrected chi connectivity index (χ2v) is 3.74. The third kappa shape index (κ3) is 3.58. The summed E-state index contributed by atoms with van der Waals surface area (Å²) in [6.07, 6.45) is 2.15. The zero-order chi connectivity index (χ0) is 11.3. The lowest BCUT2D eigenvalue weighted by Crippen LogP contribution is -2.32. The second kappa shape index (κ2) is 5.35. The first kappa shape index (κ1) is 11.5. The molecule has 1 aromatic rings. The van der Waals surface area contributed by atoms with Gasteiger partial charge in [-0.05, 0) is 37.5 Å². The molecule has 0 aliphatic carbocycles. The van der Waals surface area contributed by atoms with E-state index in [1.807, 2.05) is 19.1 Å². The van der Waals surface area contributed by atoms with E-state index in [1.54, 1.807) is 0 Å². The standard InChI is InChI=1S/C13H17NO/c1-4-13(15)14-11(3)9-12-8-6-5-7-10(12)2/h4-8,11H,1,9H2,2-3H3,(H,14,15). The van der Waals surface area contributed by atoms with Gasteiger partial charge >= 0.3 is 0 Å². The van der Waals surface area contributed by atoms with Gasteiger partial charge in [-0.15, -0.1) is 0 Å². The molecule has 80 valence electrons. The monoisotopic (exact) mass is 203 g/mol. The SMILES string of the molecule is C=CC(=O)NC(C)Cc1ccccc1C. The molecule has 15 heavy (non-hydrogen) atoms. The predicted octanol–water partition coefficient (Wildman–Crippen LogP) is 2.23. The van der Waals surface area contributed by atoms with Gasteiger partial charge in [0.2, 0.25) is 5.91 Å². The number of carbonyl (C=O) groups excluding carboxylic acids is 1. The number of hydrogen-bond acceptors (Lipinski definition) is 1. The molecule has 0 fully saturated rings. The Balaban J connectivity index is 2.58. The number of aryl methyl sites for hydroxylation is 1. The fourth-order valence-corrected chi connectivity index (χ4v) is 1.52. The molecule has 1 N–H and O–H groups in total. The van der Waals surface area contributed by atoms with Crippen molar-refractivity contribution < 1.29 is 4.79 Å². The van der Waals surface area contributed by atoms with Crippen molar-refractivity contribution in [2.45, 2.75) is 26.3 Å².